The first-order valence-electron chi connectivity index (χ1n) is 12.4. The summed E-state index contributed by atoms with van der Waals surface area (Å²) in [5.74, 6) is 1.94. The van der Waals surface area contributed by atoms with E-state index < -0.39 is 0 Å². The summed E-state index contributed by atoms with van der Waals surface area (Å²) in [5.41, 5.74) is 2.12. The van der Waals surface area contributed by atoms with Gasteiger partial charge in [0.2, 0.25) is 5.91 Å². The monoisotopic (exact) mass is 503 g/mol. The minimum atomic E-state index is -0.133. The van der Waals surface area contributed by atoms with Gasteiger partial charge >= 0.3 is 0 Å². The first kappa shape index (κ1) is 25.9. The van der Waals surface area contributed by atoms with Crippen LogP contribution in [0.4, 0.5) is 5.82 Å². The number of rotatable bonds is 8. The van der Waals surface area contributed by atoms with Crippen LogP contribution in [0.25, 0.3) is 11.3 Å². The summed E-state index contributed by atoms with van der Waals surface area (Å²) in [6.45, 7) is 6.30. The fourth-order valence-electron chi connectivity index (χ4n) is 4.31. The van der Waals surface area contributed by atoms with E-state index in [1.165, 1.54) is 0 Å². The molecule has 2 amide bonds. The predicted octanol–water partition coefficient (Wildman–Crippen LogP) is 3.36. The van der Waals surface area contributed by atoms with Crippen molar-refractivity contribution in [3.63, 3.8) is 0 Å². The maximum absolute atomic E-state index is 13.1. The number of methoxy groups -OCH3 is 2. The van der Waals surface area contributed by atoms with E-state index in [-0.39, 0.29) is 24.4 Å². The molecule has 9 nitrogen and oxygen atoms in total. The van der Waals surface area contributed by atoms with Crippen LogP contribution < -0.4 is 14.4 Å². The molecule has 0 atom stereocenters. The fourth-order valence-corrected chi connectivity index (χ4v) is 4.31. The van der Waals surface area contributed by atoms with Crippen LogP contribution in [-0.4, -0.2) is 84.8 Å². The number of ether oxygens (including phenoxy) is 2. The Labute approximate surface area is 217 Å². The van der Waals surface area contributed by atoms with E-state index >= 15 is 0 Å². The molecule has 1 saturated heterocycles. The van der Waals surface area contributed by atoms with Gasteiger partial charge in [0.1, 0.15) is 18.0 Å². The molecular weight excluding hydrogens is 470 g/mol. The van der Waals surface area contributed by atoms with E-state index in [4.69, 9.17) is 9.47 Å². The summed E-state index contributed by atoms with van der Waals surface area (Å²) in [5, 5.41) is 8.84. The molecule has 0 radical (unpaired) electrons. The largest absolute Gasteiger partial charge is 0.497 e. The maximum Gasteiger partial charge on any atom is 0.254 e. The molecule has 0 N–H and O–H groups in total. The molecule has 2 heterocycles. The Kier molecular flexibility index (Phi) is 8.22. The smallest absolute Gasteiger partial charge is 0.254 e. The average molecular weight is 504 g/mol. The van der Waals surface area contributed by atoms with Crippen LogP contribution in [-0.2, 0) is 4.79 Å². The molecule has 1 aliphatic heterocycles. The summed E-state index contributed by atoms with van der Waals surface area (Å²) in [6, 6.07) is 18.4. The number of benzene rings is 2. The zero-order valence-electron chi connectivity index (χ0n) is 21.8. The van der Waals surface area contributed by atoms with Crippen LogP contribution in [0.1, 0.15) is 24.2 Å². The molecule has 0 unspecified atom stereocenters. The lowest BCUT2D eigenvalue weighted by atomic mass is 10.1. The van der Waals surface area contributed by atoms with Gasteiger partial charge in [-0.3, -0.25) is 9.59 Å². The van der Waals surface area contributed by atoms with Crippen molar-refractivity contribution in [2.24, 2.45) is 0 Å². The number of hydrogen-bond donors (Lipinski definition) is 0. The molecule has 0 aliphatic carbocycles. The summed E-state index contributed by atoms with van der Waals surface area (Å²) in [6.07, 6.45) is 0. The van der Waals surface area contributed by atoms with Gasteiger partial charge in [0.15, 0.2) is 5.82 Å². The van der Waals surface area contributed by atoms with Gasteiger partial charge in [-0.15, -0.1) is 10.2 Å². The number of carbonyl (C=O) groups excluding carboxylic acids is 2. The Morgan fingerprint density at radius 1 is 0.919 bits per heavy atom. The van der Waals surface area contributed by atoms with Gasteiger partial charge in [-0.2, -0.15) is 0 Å². The second-order valence-corrected chi connectivity index (χ2v) is 9.10. The van der Waals surface area contributed by atoms with E-state index in [9.17, 15) is 9.59 Å². The number of carbonyl (C=O) groups is 2. The summed E-state index contributed by atoms with van der Waals surface area (Å²) in [7, 11) is 3.22. The van der Waals surface area contributed by atoms with Crippen LogP contribution in [0.2, 0.25) is 0 Å². The Balaban J connectivity index is 1.36. The molecular formula is C28H33N5O4. The van der Waals surface area contributed by atoms with E-state index in [0.29, 0.717) is 48.9 Å². The molecule has 3 aromatic rings. The minimum absolute atomic E-state index is 0.0503. The minimum Gasteiger partial charge on any atom is -0.497 e. The summed E-state index contributed by atoms with van der Waals surface area (Å²) in [4.78, 5) is 31.6. The normalized spacial score (nSPS) is 13.4. The second-order valence-electron chi connectivity index (χ2n) is 9.10. The third kappa shape index (κ3) is 5.99. The zero-order valence-corrected chi connectivity index (χ0v) is 21.8. The standard InChI is InChI=1S/C28H33N5O4/c1-20(2)33(28(35)21-8-6-5-7-9-21)19-27(34)32-16-14-31(15-17-32)26-13-12-24(29-30-26)23-11-10-22(36-3)18-25(23)37-4/h5-13,18,20H,14-17,19H2,1-4H3. The highest BCUT2D eigenvalue weighted by Gasteiger charge is 2.27. The first-order valence-corrected chi connectivity index (χ1v) is 12.4. The molecule has 0 spiro atoms. The lowest BCUT2D eigenvalue weighted by molar-refractivity contribution is -0.132. The SMILES string of the molecule is COc1ccc(-c2ccc(N3CCN(C(=O)CN(C(=O)c4ccccc4)C(C)C)CC3)nn2)c(OC)c1. The predicted molar refractivity (Wildman–Crippen MR) is 142 cm³/mol. The number of amides is 2. The number of hydrogen-bond acceptors (Lipinski definition) is 7. The Morgan fingerprint density at radius 3 is 2.24 bits per heavy atom. The van der Waals surface area contributed by atoms with Crippen LogP contribution >= 0.6 is 0 Å². The second kappa shape index (κ2) is 11.7. The van der Waals surface area contributed by atoms with Crippen molar-refractivity contribution in [2.75, 3.05) is 51.8 Å². The van der Waals surface area contributed by atoms with Crippen LogP contribution in [0, 0.1) is 0 Å². The third-order valence-corrected chi connectivity index (χ3v) is 6.50. The maximum atomic E-state index is 13.1. The number of piperazine rings is 1. The van der Waals surface area contributed by atoms with Crippen LogP contribution in [0.15, 0.2) is 60.7 Å². The molecule has 194 valence electrons. The van der Waals surface area contributed by atoms with Gasteiger partial charge in [0, 0.05) is 49.4 Å². The van der Waals surface area contributed by atoms with E-state index in [2.05, 4.69) is 15.1 Å². The third-order valence-electron chi connectivity index (χ3n) is 6.50. The number of aromatic nitrogens is 2. The van der Waals surface area contributed by atoms with Crippen molar-refractivity contribution < 1.29 is 19.1 Å². The fraction of sp³-hybridized carbons (Fsp3) is 0.357. The first-order chi connectivity index (χ1) is 17.9. The molecule has 2 aromatic carbocycles. The van der Waals surface area contributed by atoms with Gasteiger partial charge in [-0.05, 0) is 50.2 Å². The van der Waals surface area contributed by atoms with Crippen molar-refractivity contribution >= 4 is 17.6 Å². The van der Waals surface area contributed by atoms with Crippen molar-refractivity contribution in [2.45, 2.75) is 19.9 Å². The van der Waals surface area contributed by atoms with E-state index in [1.807, 2.05) is 67.3 Å². The highest BCUT2D eigenvalue weighted by Crippen LogP contribution is 2.32. The Morgan fingerprint density at radius 2 is 1.65 bits per heavy atom. The summed E-state index contributed by atoms with van der Waals surface area (Å²) < 4.78 is 10.8. The summed E-state index contributed by atoms with van der Waals surface area (Å²) >= 11 is 0. The quantitative estimate of drug-likeness (QED) is 0.466. The number of nitrogens with zero attached hydrogens (tertiary/aromatic N) is 5. The molecule has 0 saturated carbocycles. The van der Waals surface area contributed by atoms with Crippen LogP contribution in [0.5, 0.6) is 11.5 Å². The number of anilines is 1. The van der Waals surface area contributed by atoms with Crippen molar-refractivity contribution in [1.82, 2.24) is 20.0 Å². The van der Waals surface area contributed by atoms with Crippen LogP contribution in [0.3, 0.4) is 0 Å². The van der Waals surface area contributed by atoms with Gasteiger partial charge in [-0.1, -0.05) is 18.2 Å². The zero-order chi connectivity index (χ0) is 26.4. The van der Waals surface area contributed by atoms with E-state index in [0.717, 1.165) is 11.4 Å². The van der Waals surface area contributed by atoms with Crippen molar-refractivity contribution in [1.29, 1.82) is 0 Å². The topological polar surface area (TPSA) is 88.1 Å². The Bertz CT molecular complexity index is 1210. The molecule has 1 fully saturated rings. The molecule has 9 heteroatoms. The average Bonchev–Trinajstić information content (AvgIpc) is 2.95. The van der Waals surface area contributed by atoms with Gasteiger partial charge in [-0.25, -0.2) is 0 Å². The van der Waals surface area contributed by atoms with Gasteiger partial charge in [0.05, 0.1) is 19.9 Å². The van der Waals surface area contributed by atoms with Gasteiger partial charge < -0.3 is 24.2 Å². The van der Waals surface area contributed by atoms with Crippen molar-refractivity contribution in [3.8, 4) is 22.8 Å². The molecule has 37 heavy (non-hydrogen) atoms. The molecule has 4 rings (SSSR count). The lowest BCUT2D eigenvalue weighted by Gasteiger charge is -2.36. The Hall–Kier alpha value is -4.14. The van der Waals surface area contributed by atoms with E-state index in [1.54, 1.807) is 31.3 Å². The lowest BCUT2D eigenvalue weighted by Crippen LogP contribution is -2.53. The van der Waals surface area contributed by atoms with Gasteiger partial charge in [0.25, 0.3) is 5.91 Å². The molecule has 1 aromatic heterocycles. The molecule has 1 aliphatic rings. The molecule has 0 bridgehead atoms. The highest BCUT2D eigenvalue weighted by atomic mass is 16.5. The highest BCUT2D eigenvalue weighted by molar-refractivity contribution is 5.96. The van der Waals surface area contributed by atoms with Crippen molar-refractivity contribution in [3.05, 3.63) is 66.2 Å².